The van der Waals surface area contributed by atoms with Crippen molar-refractivity contribution in [3.8, 4) is 0 Å². The van der Waals surface area contributed by atoms with Crippen molar-refractivity contribution >= 4 is 45.0 Å². The Balaban J connectivity index is 1.69. The number of thioether (sulfide) groups is 1. The van der Waals surface area contributed by atoms with E-state index in [4.69, 9.17) is 0 Å². The Hall–Kier alpha value is -1.33. The molecule has 0 spiro atoms. The summed E-state index contributed by atoms with van der Waals surface area (Å²) in [6.07, 6.45) is 3.60. The van der Waals surface area contributed by atoms with Gasteiger partial charge in [0, 0.05) is 20.5 Å². The van der Waals surface area contributed by atoms with Crippen LogP contribution in [0, 0.1) is 17.4 Å². The van der Waals surface area contributed by atoms with Crippen LogP contribution in [-0.2, 0) is 12.8 Å². The second-order valence-corrected chi connectivity index (χ2v) is 9.48. The average molecular weight is 488 g/mol. The molecule has 0 bridgehead atoms. The molecule has 1 aliphatic rings. The molecule has 0 amide bonds. The summed E-state index contributed by atoms with van der Waals surface area (Å²) in [5, 5.41) is 2.21. The molecule has 0 atom stereocenters. The molecule has 0 fully saturated rings. The second-order valence-electron chi connectivity index (χ2n) is 7.36. The summed E-state index contributed by atoms with van der Waals surface area (Å²) in [6, 6.07) is 10.7. The molecule has 0 N–H and O–H groups in total. The number of allylic oxidation sites excluding steroid dienone is 1. The molecular formula is C24H25IOS. The van der Waals surface area contributed by atoms with E-state index in [2.05, 4.69) is 73.5 Å². The SMILES string of the molecule is C=C(S/C=C(\C)Cc1cc(C)c(I)cc1C)c1ccc2c(c1)CCCC2=O. The minimum Gasteiger partial charge on any atom is -0.294 e. The lowest BCUT2D eigenvalue weighted by Gasteiger charge is -2.16. The maximum Gasteiger partial charge on any atom is 0.163 e. The summed E-state index contributed by atoms with van der Waals surface area (Å²) >= 11 is 4.08. The lowest BCUT2D eigenvalue weighted by Crippen LogP contribution is -2.10. The highest BCUT2D eigenvalue weighted by Crippen LogP contribution is 2.32. The van der Waals surface area contributed by atoms with Gasteiger partial charge in [0.2, 0.25) is 0 Å². The molecule has 2 aromatic carbocycles. The highest BCUT2D eigenvalue weighted by molar-refractivity contribution is 14.1. The standard InChI is InChI=1S/C24H25IOS/c1-15(10-21-11-17(3)23(25)12-16(21)2)14-27-18(4)19-8-9-22-20(13-19)6-5-7-24(22)26/h8-9,11-14H,4-7,10H2,1-3H3/b15-14+. The number of fused-ring (bicyclic) bond motifs is 1. The van der Waals surface area contributed by atoms with Crippen LogP contribution in [0.5, 0.6) is 0 Å². The van der Waals surface area contributed by atoms with Crippen LogP contribution in [0.25, 0.3) is 4.91 Å². The fraction of sp³-hybridized carbons (Fsp3) is 0.292. The van der Waals surface area contributed by atoms with Crippen molar-refractivity contribution in [2.45, 2.75) is 46.5 Å². The second kappa shape index (κ2) is 8.78. The summed E-state index contributed by atoms with van der Waals surface area (Å²) in [5.74, 6) is 0.278. The lowest BCUT2D eigenvalue weighted by molar-refractivity contribution is 0.0972. The van der Waals surface area contributed by atoms with Crippen molar-refractivity contribution in [1.82, 2.24) is 0 Å². The fourth-order valence-corrected chi connectivity index (χ4v) is 4.75. The first-order valence-corrected chi connectivity index (χ1v) is 11.2. The molecule has 0 heterocycles. The van der Waals surface area contributed by atoms with Crippen LogP contribution in [-0.4, -0.2) is 5.78 Å². The first kappa shape index (κ1) is 20.4. The molecule has 27 heavy (non-hydrogen) atoms. The third-order valence-corrected chi connectivity index (χ3v) is 7.27. The Kier molecular flexibility index (Phi) is 6.64. The van der Waals surface area contributed by atoms with Gasteiger partial charge in [0.1, 0.15) is 0 Å². The smallest absolute Gasteiger partial charge is 0.163 e. The molecule has 0 radical (unpaired) electrons. The van der Waals surface area contributed by atoms with E-state index >= 15 is 0 Å². The van der Waals surface area contributed by atoms with Gasteiger partial charge >= 0.3 is 0 Å². The predicted octanol–water partition coefficient (Wildman–Crippen LogP) is 7.28. The third-order valence-electron chi connectivity index (χ3n) is 5.07. The monoisotopic (exact) mass is 488 g/mol. The van der Waals surface area contributed by atoms with Gasteiger partial charge in [-0.3, -0.25) is 4.79 Å². The van der Waals surface area contributed by atoms with Crippen LogP contribution in [0.1, 0.15) is 57.9 Å². The maximum atomic E-state index is 12.0. The zero-order chi connectivity index (χ0) is 19.6. The molecule has 0 saturated heterocycles. The quantitative estimate of drug-likeness (QED) is 0.412. The Labute approximate surface area is 180 Å². The van der Waals surface area contributed by atoms with E-state index in [0.717, 1.165) is 35.3 Å². The summed E-state index contributed by atoms with van der Waals surface area (Å²) in [5.41, 5.74) is 8.61. The largest absolute Gasteiger partial charge is 0.294 e. The van der Waals surface area contributed by atoms with Gasteiger partial charge in [-0.05, 0) is 108 Å². The third kappa shape index (κ3) is 4.94. The van der Waals surface area contributed by atoms with Gasteiger partial charge in [0.15, 0.2) is 5.78 Å². The predicted molar refractivity (Wildman–Crippen MR) is 126 cm³/mol. The number of ketones is 1. The molecular weight excluding hydrogens is 463 g/mol. The van der Waals surface area contributed by atoms with Crippen molar-refractivity contribution in [2.24, 2.45) is 0 Å². The fourth-order valence-electron chi connectivity index (χ4n) is 3.43. The van der Waals surface area contributed by atoms with Gasteiger partial charge in [0.05, 0.1) is 0 Å². The van der Waals surface area contributed by atoms with Gasteiger partial charge in [-0.25, -0.2) is 0 Å². The van der Waals surface area contributed by atoms with Gasteiger partial charge in [-0.2, -0.15) is 0 Å². The Bertz CT molecular complexity index is 940. The number of halogens is 1. The minimum absolute atomic E-state index is 0.278. The highest BCUT2D eigenvalue weighted by Gasteiger charge is 2.17. The van der Waals surface area contributed by atoms with Gasteiger partial charge < -0.3 is 0 Å². The van der Waals surface area contributed by atoms with Crippen LogP contribution in [0.4, 0.5) is 0 Å². The van der Waals surface area contributed by atoms with Crippen molar-refractivity contribution in [2.75, 3.05) is 0 Å². The van der Waals surface area contributed by atoms with Gasteiger partial charge in [-0.15, -0.1) is 0 Å². The van der Waals surface area contributed by atoms with Crippen LogP contribution in [0.15, 0.2) is 47.9 Å². The molecule has 1 aliphatic carbocycles. The first-order valence-electron chi connectivity index (χ1n) is 9.28. The summed E-state index contributed by atoms with van der Waals surface area (Å²) in [4.78, 5) is 13.0. The lowest BCUT2D eigenvalue weighted by atomic mass is 9.89. The molecule has 0 unspecified atom stereocenters. The molecule has 140 valence electrons. The van der Waals surface area contributed by atoms with E-state index in [1.807, 2.05) is 12.1 Å². The summed E-state index contributed by atoms with van der Waals surface area (Å²) in [6.45, 7) is 10.8. The van der Waals surface area contributed by atoms with Crippen molar-refractivity contribution < 1.29 is 4.79 Å². The highest BCUT2D eigenvalue weighted by atomic mass is 127. The van der Waals surface area contributed by atoms with E-state index in [0.29, 0.717) is 6.42 Å². The number of carbonyl (C=O) groups is 1. The van der Waals surface area contributed by atoms with Crippen LogP contribution >= 0.6 is 34.4 Å². The zero-order valence-electron chi connectivity index (χ0n) is 16.2. The molecule has 0 aromatic heterocycles. The zero-order valence-corrected chi connectivity index (χ0v) is 19.2. The summed E-state index contributed by atoms with van der Waals surface area (Å²) in [7, 11) is 0. The van der Waals surface area contributed by atoms with E-state index in [-0.39, 0.29) is 5.78 Å². The molecule has 3 heteroatoms. The topological polar surface area (TPSA) is 17.1 Å². The number of benzene rings is 2. The van der Waals surface area contributed by atoms with Crippen molar-refractivity contribution in [3.63, 3.8) is 0 Å². The van der Waals surface area contributed by atoms with E-state index < -0.39 is 0 Å². The number of rotatable bonds is 5. The van der Waals surface area contributed by atoms with Crippen molar-refractivity contribution in [1.29, 1.82) is 0 Å². The molecule has 0 aliphatic heterocycles. The summed E-state index contributed by atoms with van der Waals surface area (Å²) < 4.78 is 1.32. The average Bonchev–Trinajstić information content (AvgIpc) is 2.64. The number of carbonyl (C=O) groups excluding carboxylic acids is 1. The minimum atomic E-state index is 0.278. The first-order chi connectivity index (χ1) is 12.8. The number of hydrogen-bond donors (Lipinski definition) is 0. The molecule has 1 nitrogen and oxygen atoms in total. The van der Waals surface area contributed by atoms with E-state index in [1.165, 1.54) is 31.4 Å². The van der Waals surface area contributed by atoms with Gasteiger partial charge in [0.25, 0.3) is 0 Å². The van der Waals surface area contributed by atoms with E-state index in [9.17, 15) is 4.79 Å². The Morgan fingerprint density at radius 1 is 1.19 bits per heavy atom. The Morgan fingerprint density at radius 3 is 2.74 bits per heavy atom. The van der Waals surface area contributed by atoms with Gasteiger partial charge in [-0.1, -0.05) is 42.1 Å². The van der Waals surface area contributed by atoms with E-state index in [1.54, 1.807) is 11.8 Å². The maximum absolute atomic E-state index is 12.0. The molecule has 0 saturated carbocycles. The molecule has 2 aromatic rings. The van der Waals surface area contributed by atoms with Crippen LogP contribution in [0.2, 0.25) is 0 Å². The van der Waals surface area contributed by atoms with Crippen LogP contribution in [0.3, 0.4) is 0 Å². The number of aryl methyl sites for hydroxylation is 3. The Morgan fingerprint density at radius 2 is 1.96 bits per heavy atom. The molecule has 3 rings (SSSR count). The van der Waals surface area contributed by atoms with Crippen LogP contribution < -0.4 is 0 Å². The number of Topliss-reactive ketones (excluding diaryl/α,β-unsaturated/α-hetero) is 1. The normalized spacial score (nSPS) is 14.2. The van der Waals surface area contributed by atoms with Crippen molar-refractivity contribution in [3.05, 3.63) is 84.8 Å². The number of hydrogen-bond acceptors (Lipinski definition) is 2.